The molecule has 0 bridgehead atoms. The second kappa shape index (κ2) is 10.5. The van der Waals surface area contributed by atoms with Crippen molar-refractivity contribution in [3.8, 4) is 11.5 Å². The fraction of sp³-hybridized carbons (Fsp3) is 0.667. The van der Waals surface area contributed by atoms with Crippen molar-refractivity contribution in [3.05, 3.63) is 29.0 Å². The van der Waals surface area contributed by atoms with Gasteiger partial charge in [-0.1, -0.05) is 46.2 Å². The van der Waals surface area contributed by atoms with Crippen LogP contribution in [0, 0.1) is 18.3 Å². The Morgan fingerprint density at radius 3 is 2.33 bits per heavy atom. The van der Waals surface area contributed by atoms with E-state index in [1.165, 1.54) is 23.7 Å². The molecule has 0 saturated heterocycles. The van der Waals surface area contributed by atoms with Crippen LogP contribution in [0.3, 0.4) is 0 Å². The predicted octanol–water partition coefficient (Wildman–Crippen LogP) is 7.00. The number of hydrogen-bond donors (Lipinski definition) is 1. The fourth-order valence-electron chi connectivity index (χ4n) is 5.81. The average Bonchev–Trinajstić information content (AvgIpc) is 3.19. The number of nitrogens with zero attached hydrogens (tertiary/aromatic N) is 4. The van der Waals surface area contributed by atoms with E-state index in [0.29, 0.717) is 18.9 Å². The SMILES string of the molecule is CNc1cc(C)c2nc(-c3nn(COCC[Si](C)(C)C)c4c3C[C@@H]3C[C@]3(C)C4)n(COCC[Si](C)(C)C)c2c1. The number of ether oxygens (including phenoxy) is 2. The summed E-state index contributed by atoms with van der Waals surface area (Å²) in [5, 5.41) is 8.56. The lowest BCUT2D eigenvalue weighted by Gasteiger charge is -2.20. The molecule has 0 radical (unpaired) electrons. The van der Waals surface area contributed by atoms with Crippen molar-refractivity contribution in [2.75, 3.05) is 25.6 Å². The summed E-state index contributed by atoms with van der Waals surface area (Å²) in [5.74, 6) is 1.67. The summed E-state index contributed by atoms with van der Waals surface area (Å²) in [4.78, 5) is 5.24. The van der Waals surface area contributed by atoms with Crippen LogP contribution in [0.25, 0.3) is 22.6 Å². The molecule has 0 unspecified atom stereocenters. The molecule has 0 aliphatic heterocycles. The maximum absolute atomic E-state index is 6.33. The smallest absolute Gasteiger partial charge is 0.163 e. The summed E-state index contributed by atoms with van der Waals surface area (Å²) in [6.45, 7) is 21.5. The minimum absolute atomic E-state index is 0.415. The first kappa shape index (κ1) is 28.6. The Bertz CT molecular complexity index is 1350. The average molecular weight is 568 g/mol. The Hall–Kier alpha value is -1.95. The van der Waals surface area contributed by atoms with Gasteiger partial charge in [0.05, 0.1) is 11.0 Å². The molecule has 0 amide bonds. The third kappa shape index (κ3) is 6.21. The predicted molar refractivity (Wildman–Crippen MR) is 167 cm³/mol. The van der Waals surface area contributed by atoms with Crippen molar-refractivity contribution in [1.82, 2.24) is 19.3 Å². The third-order valence-corrected chi connectivity index (χ3v) is 12.1. The van der Waals surface area contributed by atoms with Crippen LogP contribution in [-0.2, 0) is 35.8 Å². The molecular formula is C30H49N5O2Si2. The highest BCUT2D eigenvalue weighted by Crippen LogP contribution is 2.60. The van der Waals surface area contributed by atoms with Gasteiger partial charge >= 0.3 is 0 Å². The molecule has 1 N–H and O–H groups in total. The van der Waals surface area contributed by atoms with Crippen molar-refractivity contribution in [3.63, 3.8) is 0 Å². The Labute approximate surface area is 236 Å². The van der Waals surface area contributed by atoms with Crippen LogP contribution in [0.2, 0.25) is 51.4 Å². The summed E-state index contributed by atoms with van der Waals surface area (Å²) >= 11 is 0. The maximum Gasteiger partial charge on any atom is 0.163 e. The van der Waals surface area contributed by atoms with Crippen LogP contribution in [0.1, 0.15) is 30.2 Å². The molecule has 2 heterocycles. The summed E-state index contributed by atoms with van der Waals surface area (Å²) in [6, 6.07) is 6.68. The van der Waals surface area contributed by atoms with E-state index >= 15 is 0 Å². The summed E-state index contributed by atoms with van der Waals surface area (Å²) in [5.41, 5.74) is 8.53. The molecule has 2 aliphatic rings. The molecular weight excluding hydrogens is 519 g/mol. The highest BCUT2D eigenvalue weighted by molar-refractivity contribution is 6.76. The molecule has 3 aromatic rings. The van der Waals surface area contributed by atoms with E-state index in [1.54, 1.807) is 0 Å². The van der Waals surface area contributed by atoms with Crippen LogP contribution in [-0.4, -0.2) is 55.7 Å². The van der Waals surface area contributed by atoms with Gasteiger partial charge in [0.15, 0.2) is 5.82 Å². The molecule has 2 aromatic heterocycles. The first-order chi connectivity index (χ1) is 18.3. The number of imidazole rings is 1. The van der Waals surface area contributed by atoms with Gasteiger partial charge in [-0.25, -0.2) is 9.67 Å². The molecule has 0 spiro atoms. The van der Waals surface area contributed by atoms with Gasteiger partial charge in [-0.05, 0) is 67.3 Å². The van der Waals surface area contributed by atoms with E-state index in [2.05, 4.69) is 79.8 Å². The van der Waals surface area contributed by atoms with Crippen LogP contribution >= 0.6 is 0 Å². The van der Waals surface area contributed by atoms with E-state index in [1.807, 2.05) is 7.05 Å². The monoisotopic (exact) mass is 567 g/mol. The van der Waals surface area contributed by atoms with Gasteiger partial charge in [0, 0.05) is 53.4 Å². The maximum atomic E-state index is 6.33. The lowest BCUT2D eigenvalue weighted by atomic mass is 9.87. The largest absolute Gasteiger partial charge is 0.388 e. The molecule has 9 heteroatoms. The number of nitrogens with one attached hydrogen (secondary N) is 1. The Morgan fingerprint density at radius 1 is 1.03 bits per heavy atom. The standard InChI is InChI=1S/C30H49N5O2Si2/c1-21-14-23(31-3)16-25-27(21)32-29(34(25)19-36-10-12-38(4,5)6)28-24-15-22-17-30(22,2)18-26(24)35(33-28)20-37-11-13-39(7,8)9/h14,16,22,31H,10-13,15,17-20H2,1-9H3/t22-,30-/m1/s1. The Kier molecular flexibility index (Phi) is 7.67. The number of benzene rings is 1. The van der Waals surface area contributed by atoms with Crippen molar-refractivity contribution in [2.24, 2.45) is 11.3 Å². The van der Waals surface area contributed by atoms with E-state index in [9.17, 15) is 0 Å². The molecule has 39 heavy (non-hydrogen) atoms. The van der Waals surface area contributed by atoms with Gasteiger partial charge < -0.3 is 14.8 Å². The van der Waals surface area contributed by atoms with Gasteiger partial charge in [-0.2, -0.15) is 5.10 Å². The summed E-state index contributed by atoms with van der Waals surface area (Å²) < 4.78 is 17.0. The molecule has 5 rings (SSSR count). The highest BCUT2D eigenvalue weighted by atomic mass is 28.3. The van der Waals surface area contributed by atoms with E-state index in [4.69, 9.17) is 19.6 Å². The number of hydrogen-bond acceptors (Lipinski definition) is 5. The lowest BCUT2D eigenvalue weighted by molar-refractivity contribution is 0.0756. The molecule has 1 saturated carbocycles. The zero-order chi connectivity index (χ0) is 28.2. The van der Waals surface area contributed by atoms with Crippen LogP contribution in [0.4, 0.5) is 5.69 Å². The summed E-state index contributed by atoms with van der Waals surface area (Å²) in [7, 11) is -0.344. The molecule has 214 valence electrons. The number of aryl methyl sites for hydroxylation is 1. The lowest BCUT2D eigenvalue weighted by Crippen LogP contribution is -2.23. The molecule has 1 fully saturated rings. The zero-order valence-electron chi connectivity index (χ0n) is 25.7. The van der Waals surface area contributed by atoms with Gasteiger partial charge in [-0.15, -0.1) is 0 Å². The van der Waals surface area contributed by atoms with Crippen LogP contribution in [0.5, 0.6) is 0 Å². The van der Waals surface area contributed by atoms with Crippen molar-refractivity contribution < 1.29 is 9.47 Å². The normalized spacial score (nSPS) is 20.8. The molecule has 1 aromatic carbocycles. The first-order valence-corrected chi connectivity index (χ1v) is 22.1. The number of anilines is 1. The Balaban J connectivity index is 1.53. The minimum Gasteiger partial charge on any atom is -0.388 e. The van der Waals surface area contributed by atoms with Crippen LogP contribution < -0.4 is 5.32 Å². The third-order valence-electron chi connectivity index (χ3n) is 8.70. The van der Waals surface area contributed by atoms with Gasteiger partial charge in [0.25, 0.3) is 0 Å². The van der Waals surface area contributed by atoms with E-state index < -0.39 is 16.1 Å². The minimum atomic E-state index is -1.18. The van der Waals surface area contributed by atoms with Crippen molar-refractivity contribution in [2.45, 2.75) is 97.9 Å². The molecule has 2 aliphatic carbocycles. The van der Waals surface area contributed by atoms with Gasteiger partial charge in [-0.3, -0.25) is 4.57 Å². The molecule has 2 atom stereocenters. The number of fused-ring (bicyclic) bond motifs is 3. The quantitative estimate of drug-likeness (QED) is 0.189. The molecule has 7 nitrogen and oxygen atoms in total. The summed E-state index contributed by atoms with van der Waals surface area (Å²) in [6.07, 6.45) is 3.46. The number of rotatable bonds is 12. The second-order valence-electron chi connectivity index (χ2n) is 14.7. The van der Waals surface area contributed by atoms with E-state index in [0.717, 1.165) is 71.8 Å². The Morgan fingerprint density at radius 2 is 1.69 bits per heavy atom. The topological polar surface area (TPSA) is 66.1 Å². The van der Waals surface area contributed by atoms with Gasteiger partial charge in [0.2, 0.25) is 0 Å². The van der Waals surface area contributed by atoms with Crippen molar-refractivity contribution >= 4 is 32.9 Å². The van der Waals surface area contributed by atoms with Crippen molar-refractivity contribution in [1.29, 1.82) is 0 Å². The van der Waals surface area contributed by atoms with Crippen LogP contribution in [0.15, 0.2) is 12.1 Å². The zero-order valence-corrected chi connectivity index (χ0v) is 27.7. The van der Waals surface area contributed by atoms with Gasteiger partial charge in [0.1, 0.15) is 19.2 Å². The first-order valence-electron chi connectivity index (χ1n) is 14.7. The second-order valence-corrected chi connectivity index (χ2v) is 25.9. The number of aromatic nitrogens is 4. The van der Waals surface area contributed by atoms with E-state index in [-0.39, 0.29) is 0 Å². The fourth-order valence-corrected chi connectivity index (χ4v) is 7.33. The highest BCUT2D eigenvalue weighted by Gasteiger charge is 2.54.